The van der Waals surface area contributed by atoms with Gasteiger partial charge in [0, 0.05) is 36.2 Å². The van der Waals surface area contributed by atoms with Gasteiger partial charge < -0.3 is 5.32 Å². The molecule has 0 bridgehead atoms. The molecule has 4 rings (SSSR count). The zero-order valence-corrected chi connectivity index (χ0v) is 15.9. The zero-order chi connectivity index (χ0) is 18.8. The molecule has 1 atom stereocenters. The molecule has 1 N–H and O–H groups in total. The summed E-state index contributed by atoms with van der Waals surface area (Å²) in [5.74, 6) is -0.0147. The monoisotopic (exact) mass is 359 g/mol. The first-order valence-corrected chi connectivity index (χ1v) is 9.66. The van der Waals surface area contributed by atoms with Crippen molar-refractivity contribution in [3.63, 3.8) is 0 Å². The number of nitrogens with zero attached hydrogens (tertiary/aromatic N) is 2. The number of pyridine rings is 1. The third kappa shape index (κ3) is 3.45. The van der Waals surface area contributed by atoms with Gasteiger partial charge in [0.05, 0.1) is 17.1 Å². The highest BCUT2D eigenvalue weighted by molar-refractivity contribution is 6.07. The van der Waals surface area contributed by atoms with Crippen molar-refractivity contribution in [2.24, 2.45) is 0 Å². The number of benzene rings is 2. The smallest absolute Gasteiger partial charge is 0.252 e. The highest BCUT2D eigenvalue weighted by Gasteiger charge is 2.25. The van der Waals surface area contributed by atoms with Gasteiger partial charge in [-0.05, 0) is 25.1 Å². The van der Waals surface area contributed by atoms with Gasteiger partial charge in [0.15, 0.2) is 0 Å². The molecular weight excluding hydrogens is 334 g/mol. The lowest BCUT2D eigenvalue weighted by molar-refractivity contribution is 0.0938. The molecule has 0 aliphatic carbocycles. The molecule has 1 aliphatic rings. The molecule has 0 unspecified atom stereocenters. The molecular formula is C23H25N3O. The summed E-state index contributed by atoms with van der Waals surface area (Å²) in [5, 5.41) is 4.14. The maximum absolute atomic E-state index is 13.4. The fourth-order valence-electron chi connectivity index (χ4n) is 3.87. The third-order valence-corrected chi connectivity index (χ3v) is 5.45. The number of amides is 1. The van der Waals surface area contributed by atoms with E-state index < -0.39 is 0 Å². The Morgan fingerprint density at radius 1 is 1.15 bits per heavy atom. The maximum atomic E-state index is 13.4. The van der Waals surface area contributed by atoms with E-state index in [1.165, 1.54) is 0 Å². The van der Waals surface area contributed by atoms with E-state index in [2.05, 4.69) is 17.1 Å². The summed E-state index contributed by atoms with van der Waals surface area (Å²) in [6.07, 6.45) is 0.891. The Kier molecular flexibility index (Phi) is 4.90. The minimum absolute atomic E-state index is 0.0147. The summed E-state index contributed by atoms with van der Waals surface area (Å²) >= 11 is 0. The maximum Gasteiger partial charge on any atom is 0.252 e. The van der Waals surface area contributed by atoms with Crippen LogP contribution in [-0.4, -0.2) is 28.9 Å². The number of fused-ring (bicyclic) bond motifs is 2. The summed E-state index contributed by atoms with van der Waals surface area (Å²) in [5.41, 5.74) is 4.94. The summed E-state index contributed by atoms with van der Waals surface area (Å²) in [6, 6.07) is 18.0. The minimum Gasteiger partial charge on any atom is -0.345 e. The number of carbonyl (C=O) groups is 1. The molecule has 138 valence electrons. The normalized spacial score (nSPS) is 15.3. The van der Waals surface area contributed by atoms with Crippen LogP contribution in [-0.2, 0) is 13.0 Å². The quantitative estimate of drug-likeness (QED) is 0.763. The van der Waals surface area contributed by atoms with Crippen LogP contribution in [0.2, 0.25) is 0 Å². The number of para-hydroxylation sites is 1. The van der Waals surface area contributed by atoms with Crippen LogP contribution in [0.5, 0.6) is 0 Å². The average Bonchev–Trinajstić information content (AvgIpc) is 2.72. The van der Waals surface area contributed by atoms with Gasteiger partial charge >= 0.3 is 0 Å². The van der Waals surface area contributed by atoms with Gasteiger partial charge in [-0.15, -0.1) is 0 Å². The summed E-state index contributed by atoms with van der Waals surface area (Å²) in [6.45, 7) is 6.95. The van der Waals surface area contributed by atoms with Crippen LogP contribution >= 0.6 is 0 Å². The van der Waals surface area contributed by atoms with Crippen molar-refractivity contribution in [1.82, 2.24) is 15.2 Å². The van der Waals surface area contributed by atoms with Crippen LogP contribution in [0.1, 0.15) is 47.1 Å². The lowest BCUT2D eigenvalue weighted by Gasteiger charge is -2.29. The summed E-state index contributed by atoms with van der Waals surface area (Å²) in [7, 11) is 0. The van der Waals surface area contributed by atoms with Crippen LogP contribution in [0.4, 0.5) is 0 Å². The molecule has 4 nitrogen and oxygen atoms in total. The molecule has 27 heavy (non-hydrogen) atoms. The summed E-state index contributed by atoms with van der Waals surface area (Å²) < 4.78 is 0. The zero-order valence-electron chi connectivity index (χ0n) is 15.9. The molecule has 0 saturated carbocycles. The molecule has 3 aromatic rings. The second kappa shape index (κ2) is 7.49. The first-order valence-electron chi connectivity index (χ1n) is 9.66. The molecule has 0 saturated heterocycles. The predicted octanol–water partition coefficient (Wildman–Crippen LogP) is 4.10. The van der Waals surface area contributed by atoms with Crippen LogP contribution in [0, 0.1) is 0 Å². The lowest BCUT2D eigenvalue weighted by atomic mass is 9.94. The second-order valence-electron chi connectivity index (χ2n) is 7.15. The van der Waals surface area contributed by atoms with Gasteiger partial charge in [0.1, 0.15) is 0 Å². The first kappa shape index (κ1) is 17.7. The van der Waals surface area contributed by atoms with Crippen molar-refractivity contribution in [3.8, 4) is 0 Å². The number of nitrogens with one attached hydrogen (secondary N) is 1. The van der Waals surface area contributed by atoms with Crippen molar-refractivity contribution in [2.45, 2.75) is 32.9 Å². The Balaban J connectivity index is 1.76. The van der Waals surface area contributed by atoms with E-state index in [1.54, 1.807) is 0 Å². The fourth-order valence-corrected chi connectivity index (χ4v) is 3.87. The minimum atomic E-state index is -0.0489. The first-order chi connectivity index (χ1) is 13.2. The molecule has 2 heterocycles. The Hall–Kier alpha value is -2.72. The fraction of sp³-hybridized carbons (Fsp3) is 0.304. The van der Waals surface area contributed by atoms with Gasteiger partial charge in [0.2, 0.25) is 0 Å². The van der Waals surface area contributed by atoms with Crippen molar-refractivity contribution in [1.29, 1.82) is 0 Å². The highest BCUT2D eigenvalue weighted by atomic mass is 16.1. The van der Waals surface area contributed by atoms with E-state index in [1.807, 2.05) is 61.5 Å². The largest absolute Gasteiger partial charge is 0.345 e. The van der Waals surface area contributed by atoms with Crippen molar-refractivity contribution in [2.75, 3.05) is 13.1 Å². The van der Waals surface area contributed by atoms with Gasteiger partial charge in [-0.25, -0.2) is 0 Å². The number of rotatable bonds is 4. The van der Waals surface area contributed by atoms with Crippen molar-refractivity contribution >= 4 is 16.8 Å². The lowest BCUT2D eigenvalue weighted by Crippen LogP contribution is -2.34. The second-order valence-corrected chi connectivity index (χ2v) is 7.15. The molecule has 2 aromatic carbocycles. The highest BCUT2D eigenvalue weighted by Crippen LogP contribution is 2.28. The molecule has 1 aliphatic heterocycles. The molecule has 1 amide bonds. The van der Waals surface area contributed by atoms with Crippen LogP contribution < -0.4 is 5.32 Å². The van der Waals surface area contributed by atoms with Crippen molar-refractivity contribution in [3.05, 3.63) is 77.0 Å². The number of hydrogen-bond donors (Lipinski definition) is 1. The molecule has 0 radical (unpaired) electrons. The standard InChI is InChI=1S/C23H25N3O/c1-3-26-14-13-21-19(15-26)22(18-11-7-8-12-20(18)25-21)23(27)24-16(2)17-9-5-4-6-10-17/h4-12,16H,3,13-15H2,1-2H3,(H,24,27)/t16-/m0/s1. The van der Waals surface area contributed by atoms with Gasteiger partial charge in [0.25, 0.3) is 5.91 Å². The van der Waals surface area contributed by atoms with E-state index in [9.17, 15) is 4.79 Å². The van der Waals surface area contributed by atoms with Gasteiger partial charge in [-0.2, -0.15) is 0 Å². The summed E-state index contributed by atoms with van der Waals surface area (Å²) in [4.78, 5) is 20.6. The Labute approximate surface area is 160 Å². The van der Waals surface area contributed by atoms with E-state index in [0.29, 0.717) is 0 Å². The Morgan fingerprint density at radius 2 is 1.89 bits per heavy atom. The van der Waals surface area contributed by atoms with E-state index in [4.69, 9.17) is 4.98 Å². The van der Waals surface area contributed by atoms with E-state index in [0.717, 1.165) is 59.3 Å². The van der Waals surface area contributed by atoms with Crippen molar-refractivity contribution < 1.29 is 4.79 Å². The number of carbonyl (C=O) groups excluding carboxylic acids is 1. The van der Waals surface area contributed by atoms with Crippen LogP contribution in [0.25, 0.3) is 10.9 Å². The van der Waals surface area contributed by atoms with Gasteiger partial charge in [-0.1, -0.05) is 55.5 Å². The number of likely N-dealkylation sites (N-methyl/N-ethyl adjacent to an activating group) is 1. The Morgan fingerprint density at radius 3 is 2.67 bits per heavy atom. The Bertz CT molecular complexity index is 968. The van der Waals surface area contributed by atoms with Gasteiger partial charge in [-0.3, -0.25) is 14.7 Å². The average molecular weight is 359 g/mol. The van der Waals surface area contributed by atoms with Crippen LogP contribution in [0.15, 0.2) is 54.6 Å². The topological polar surface area (TPSA) is 45.2 Å². The number of aromatic nitrogens is 1. The van der Waals surface area contributed by atoms with Crippen LogP contribution in [0.3, 0.4) is 0 Å². The van der Waals surface area contributed by atoms with E-state index in [-0.39, 0.29) is 11.9 Å². The number of hydrogen-bond acceptors (Lipinski definition) is 3. The molecule has 0 spiro atoms. The third-order valence-electron chi connectivity index (χ3n) is 5.45. The molecule has 4 heteroatoms. The SMILES string of the molecule is CCN1CCc2nc3ccccc3c(C(=O)N[C@@H](C)c3ccccc3)c2C1. The molecule has 0 fully saturated rings. The predicted molar refractivity (Wildman–Crippen MR) is 109 cm³/mol. The molecule has 1 aromatic heterocycles. The van der Waals surface area contributed by atoms with E-state index >= 15 is 0 Å².